The minimum Gasteiger partial charge on any atom is -0.497 e. The van der Waals surface area contributed by atoms with Crippen molar-refractivity contribution in [1.29, 1.82) is 0 Å². The molecule has 7 nitrogen and oxygen atoms in total. The van der Waals surface area contributed by atoms with Crippen LogP contribution in [0.3, 0.4) is 0 Å². The molecule has 0 saturated carbocycles. The van der Waals surface area contributed by atoms with Crippen molar-refractivity contribution in [3.63, 3.8) is 0 Å². The molecule has 2 aromatic carbocycles. The van der Waals surface area contributed by atoms with Crippen LogP contribution >= 0.6 is 0 Å². The molecular weight excluding hydrogens is 408 g/mol. The van der Waals surface area contributed by atoms with E-state index in [1.54, 1.807) is 20.3 Å². The van der Waals surface area contributed by atoms with Crippen molar-refractivity contribution in [2.24, 2.45) is 0 Å². The van der Waals surface area contributed by atoms with Gasteiger partial charge < -0.3 is 23.6 Å². The SMILES string of the molecule is COc1ccc(OC)c([C@H]2CCCN2C(=O)c2cccc(OCc3c(C)noc3C)c2)c1. The van der Waals surface area contributed by atoms with E-state index in [1.807, 2.05) is 55.1 Å². The molecule has 1 aromatic heterocycles. The summed E-state index contributed by atoms with van der Waals surface area (Å²) >= 11 is 0. The molecule has 2 heterocycles. The maximum absolute atomic E-state index is 13.5. The molecule has 0 bridgehead atoms. The Balaban J connectivity index is 1.54. The van der Waals surface area contributed by atoms with Gasteiger partial charge in [0.1, 0.15) is 29.6 Å². The van der Waals surface area contributed by atoms with Crippen molar-refractivity contribution in [2.75, 3.05) is 20.8 Å². The van der Waals surface area contributed by atoms with Gasteiger partial charge in [0.15, 0.2) is 0 Å². The van der Waals surface area contributed by atoms with Gasteiger partial charge in [-0.2, -0.15) is 0 Å². The number of carbonyl (C=O) groups is 1. The molecule has 0 spiro atoms. The summed E-state index contributed by atoms with van der Waals surface area (Å²) in [6.07, 6.45) is 1.80. The van der Waals surface area contributed by atoms with E-state index in [0.717, 1.165) is 46.9 Å². The van der Waals surface area contributed by atoms with Gasteiger partial charge >= 0.3 is 0 Å². The van der Waals surface area contributed by atoms with Gasteiger partial charge in [0, 0.05) is 17.7 Å². The zero-order valence-corrected chi connectivity index (χ0v) is 18.9. The molecule has 0 unspecified atom stereocenters. The first-order valence-electron chi connectivity index (χ1n) is 10.7. The molecule has 1 saturated heterocycles. The zero-order valence-electron chi connectivity index (χ0n) is 18.9. The third kappa shape index (κ3) is 4.28. The number of likely N-dealkylation sites (tertiary alicyclic amines) is 1. The Morgan fingerprint density at radius 3 is 2.69 bits per heavy atom. The predicted octanol–water partition coefficient (Wildman–Crippen LogP) is 4.86. The minimum absolute atomic E-state index is 0.0276. The second-order valence-electron chi connectivity index (χ2n) is 7.88. The van der Waals surface area contributed by atoms with Crippen LogP contribution in [0.15, 0.2) is 47.0 Å². The Labute approximate surface area is 187 Å². The highest BCUT2D eigenvalue weighted by Crippen LogP contribution is 2.39. The summed E-state index contributed by atoms with van der Waals surface area (Å²) in [6, 6.07) is 12.9. The van der Waals surface area contributed by atoms with E-state index in [4.69, 9.17) is 18.7 Å². The monoisotopic (exact) mass is 436 g/mol. The van der Waals surface area contributed by atoms with E-state index in [2.05, 4.69) is 5.16 Å². The number of hydrogen-bond donors (Lipinski definition) is 0. The molecule has 32 heavy (non-hydrogen) atoms. The van der Waals surface area contributed by atoms with E-state index in [-0.39, 0.29) is 11.9 Å². The van der Waals surface area contributed by atoms with Crippen LogP contribution in [0.1, 0.15) is 51.8 Å². The number of ether oxygens (including phenoxy) is 3. The topological polar surface area (TPSA) is 74.0 Å². The minimum atomic E-state index is -0.0700. The first kappa shape index (κ1) is 21.7. The zero-order chi connectivity index (χ0) is 22.7. The van der Waals surface area contributed by atoms with Gasteiger partial charge in [0.2, 0.25) is 0 Å². The van der Waals surface area contributed by atoms with Crippen LogP contribution in [0.5, 0.6) is 17.2 Å². The largest absolute Gasteiger partial charge is 0.497 e. The van der Waals surface area contributed by atoms with E-state index < -0.39 is 0 Å². The van der Waals surface area contributed by atoms with Crippen molar-refractivity contribution in [2.45, 2.75) is 39.3 Å². The highest BCUT2D eigenvalue weighted by molar-refractivity contribution is 5.95. The lowest BCUT2D eigenvalue weighted by molar-refractivity contribution is 0.0733. The molecule has 1 atom stereocenters. The molecule has 0 radical (unpaired) electrons. The number of benzene rings is 2. The second kappa shape index (κ2) is 9.34. The van der Waals surface area contributed by atoms with Crippen LogP contribution in [0.2, 0.25) is 0 Å². The molecule has 4 rings (SSSR count). The highest BCUT2D eigenvalue weighted by Gasteiger charge is 2.33. The summed E-state index contributed by atoms with van der Waals surface area (Å²) in [4.78, 5) is 15.4. The summed E-state index contributed by atoms with van der Waals surface area (Å²) in [5.74, 6) is 2.84. The normalized spacial score (nSPS) is 15.6. The fraction of sp³-hybridized carbons (Fsp3) is 0.360. The molecule has 1 amide bonds. The lowest BCUT2D eigenvalue weighted by Crippen LogP contribution is -2.30. The van der Waals surface area contributed by atoms with Gasteiger partial charge in [0.25, 0.3) is 5.91 Å². The lowest BCUT2D eigenvalue weighted by Gasteiger charge is -2.27. The summed E-state index contributed by atoms with van der Waals surface area (Å²) in [6.45, 7) is 4.77. The fourth-order valence-corrected chi connectivity index (χ4v) is 4.18. The third-order valence-corrected chi connectivity index (χ3v) is 5.95. The first-order chi connectivity index (χ1) is 15.5. The molecule has 168 valence electrons. The van der Waals surface area contributed by atoms with Gasteiger partial charge in [-0.1, -0.05) is 11.2 Å². The Morgan fingerprint density at radius 2 is 1.97 bits per heavy atom. The average Bonchev–Trinajstić information content (AvgIpc) is 3.43. The van der Waals surface area contributed by atoms with Gasteiger partial charge in [0.05, 0.1) is 31.5 Å². The first-order valence-corrected chi connectivity index (χ1v) is 10.7. The number of aryl methyl sites for hydroxylation is 2. The molecule has 3 aromatic rings. The van der Waals surface area contributed by atoms with Crippen LogP contribution in [0, 0.1) is 13.8 Å². The molecule has 1 aliphatic heterocycles. The summed E-state index contributed by atoms with van der Waals surface area (Å²) in [5, 5.41) is 3.96. The van der Waals surface area contributed by atoms with Gasteiger partial charge in [-0.05, 0) is 63.1 Å². The highest BCUT2D eigenvalue weighted by atomic mass is 16.5. The number of nitrogens with zero attached hydrogens (tertiary/aromatic N) is 2. The third-order valence-electron chi connectivity index (χ3n) is 5.95. The molecule has 0 aliphatic carbocycles. The van der Waals surface area contributed by atoms with E-state index in [1.165, 1.54) is 0 Å². The van der Waals surface area contributed by atoms with Crippen LogP contribution < -0.4 is 14.2 Å². The van der Waals surface area contributed by atoms with Gasteiger partial charge in [-0.15, -0.1) is 0 Å². The van der Waals surface area contributed by atoms with Crippen LogP contribution in [-0.2, 0) is 6.61 Å². The molecule has 0 N–H and O–H groups in total. The predicted molar refractivity (Wildman–Crippen MR) is 119 cm³/mol. The van der Waals surface area contributed by atoms with E-state index in [0.29, 0.717) is 24.5 Å². The van der Waals surface area contributed by atoms with Crippen molar-refractivity contribution in [1.82, 2.24) is 10.1 Å². The number of rotatable bonds is 7. The Morgan fingerprint density at radius 1 is 1.12 bits per heavy atom. The number of amides is 1. The summed E-state index contributed by atoms with van der Waals surface area (Å²) in [5.41, 5.74) is 3.28. The van der Waals surface area contributed by atoms with E-state index >= 15 is 0 Å². The number of methoxy groups -OCH3 is 2. The average molecular weight is 437 g/mol. The molecule has 7 heteroatoms. The number of carbonyl (C=O) groups excluding carboxylic acids is 1. The maximum atomic E-state index is 13.5. The number of hydrogen-bond acceptors (Lipinski definition) is 6. The molecule has 1 aliphatic rings. The van der Waals surface area contributed by atoms with Crippen molar-refractivity contribution >= 4 is 5.91 Å². The molecule has 1 fully saturated rings. The van der Waals surface area contributed by atoms with Crippen molar-refractivity contribution in [3.05, 3.63) is 70.6 Å². The van der Waals surface area contributed by atoms with Crippen LogP contribution in [-0.4, -0.2) is 36.7 Å². The summed E-state index contributed by atoms with van der Waals surface area (Å²) in [7, 11) is 3.28. The van der Waals surface area contributed by atoms with Crippen molar-refractivity contribution in [3.8, 4) is 17.2 Å². The quantitative estimate of drug-likeness (QED) is 0.526. The Hall–Kier alpha value is -3.48. The fourth-order valence-electron chi connectivity index (χ4n) is 4.18. The molecular formula is C25H28N2O5. The standard InChI is InChI=1S/C25H28N2O5/c1-16-22(17(2)32-26-16)15-31-20-8-5-7-18(13-20)25(28)27-12-6-9-23(27)21-14-19(29-3)10-11-24(21)30-4/h5,7-8,10-11,13-14,23H,6,9,12,15H2,1-4H3/t23-/m1/s1. The Bertz CT molecular complexity index is 1090. The van der Waals surface area contributed by atoms with E-state index in [9.17, 15) is 4.79 Å². The summed E-state index contributed by atoms with van der Waals surface area (Å²) < 4.78 is 22.1. The lowest BCUT2D eigenvalue weighted by atomic mass is 10.0. The smallest absolute Gasteiger partial charge is 0.254 e. The Kier molecular flexibility index (Phi) is 6.35. The van der Waals surface area contributed by atoms with Crippen LogP contribution in [0.4, 0.5) is 0 Å². The second-order valence-corrected chi connectivity index (χ2v) is 7.88. The number of aromatic nitrogens is 1. The van der Waals surface area contributed by atoms with Gasteiger partial charge in [-0.3, -0.25) is 4.79 Å². The maximum Gasteiger partial charge on any atom is 0.254 e. The van der Waals surface area contributed by atoms with Gasteiger partial charge in [-0.25, -0.2) is 0 Å². The van der Waals surface area contributed by atoms with Crippen LogP contribution in [0.25, 0.3) is 0 Å². The van der Waals surface area contributed by atoms with Crippen molar-refractivity contribution < 1.29 is 23.5 Å².